The van der Waals surface area contributed by atoms with Crippen molar-refractivity contribution in [3.8, 4) is 0 Å². The highest BCUT2D eigenvalue weighted by atomic mass is 35.5. The minimum absolute atomic E-state index is 0.00189. The number of hydrogen-bond donors (Lipinski definition) is 2. The van der Waals surface area contributed by atoms with Crippen LogP contribution < -0.4 is 10.9 Å². The number of amides is 2. The number of allylic oxidation sites excluding steroid dienone is 1. The Balaban J connectivity index is 2.39. The highest BCUT2D eigenvalue weighted by molar-refractivity contribution is 6.34. The summed E-state index contributed by atoms with van der Waals surface area (Å²) in [4.78, 5) is 23.5. The largest absolute Gasteiger partial charge is 0.417 e. The average molecular weight is 599 g/mol. The van der Waals surface area contributed by atoms with Gasteiger partial charge in [-0.1, -0.05) is 29.3 Å². The highest BCUT2D eigenvalue weighted by Gasteiger charge is 2.41. The van der Waals surface area contributed by atoms with Gasteiger partial charge in [-0.3, -0.25) is 20.4 Å². The molecule has 0 saturated carbocycles. The maximum atomic E-state index is 14.8. The molecule has 4 nitrogen and oxygen atoms in total. The van der Waals surface area contributed by atoms with Crippen molar-refractivity contribution in [2.75, 3.05) is 0 Å². The molecule has 0 aliphatic heterocycles. The second-order valence-corrected chi connectivity index (χ2v) is 8.49. The second-order valence-electron chi connectivity index (χ2n) is 7.61. The fourth-order valence-corrected chi connectivity index (χ4v) is 3.56. The van der Waals surface area contributed by atoms with Crippen LogP contribution >= 0.6 is 23.2 Å². The molecule has 208 valence electrons. The molecule has 1 atom stereocenters. The van der Waals surface area contributed by atoms with Crippen molar-refractivity contribution in [1.29, 1.82) is 0 Å². The van der Waals surface area contributed by atoms with E-state index in [4.69, 9.17) is 23.2 Å². The Hall–Kier alpha value is -3.00. The summed E-state index contributed by atoms with van der Waals surface area (Å²) in [7, 11) is 0. The zero-order valence-corrected chi connectivity index (χ0v) is 19.9. The third kappa shape index (κ3) is 9.08. The van der Waals surface area contributed by atoms with Gasteiger partial charge in [0, 0.05) is 22.0 Å². The average Bonchev–Trinajstić information content (AvgIpc) is 2.76. The Morgan fingerprint density at radius 3 is 1.95 bits per heavy atom. The van der Waals surface area contributed by atoms with Crippen LogP contribution in [0.1, 0.15) is 45.8 Å². The van der Waals surface area contributed by atoms with Gasteiger partial charge in [0.1, 0.15) is 11.7 Å². The van der Waals surface area contributed by atoms with Gasteiger partial charge in [-0.15, -0.1) is 0 Å². The minimum Gasteiger partial charge on any atom is -0.273 e. The first-order chi connectivity index (χ1) is 17.3. The summed E-state index contributed by atoms with van der Waals surface area (Å²) >= 11 is 11.4. The molecule has 16 heteroatoms. The number of alkyl halides is 9. The molecule has 0 radical (unpaired) electrons. The van der Waals surface area contributed by atoms with Gasteiger partial charge < -0.3 is 0 Å². The highest BCUT2D eigenvalue weighted by Crippen LogP contribution is 2.41. The lowest BCUT2D eigenvalue weighted by molar-refractivity contribution is -0.144. The SMILES string of the molecule is O=C(CCC(F)(F)F)NNC(=O)c1ccc(C(F)=CC(c2cc(Cl)cc(Cl)c2)C(F)(F)F)cc1C(F)(F)F. The zero-order valence-electron chi connectivity index (χ0n) is 18.4. The van der Waals surface area contributed by atoms with Gasteiger partial charge in [0.15, 0.2) is 0 Å². The summed E-state index contributed by atoms with van der Waals surface area (Å²) in [6, 6.07) is 3.84. The van der Waals surface area contributed by atoms with Gasteiger partial charge in [-0.25, -0.2) is 4.39 Å². The van der Waals surface area contributed by atoms with Crippen molar-refractivity contribution >= 4 is 40.8 Å². The number of carbonyl (C=O) groups excluding carboxylic acids is 2. The Morgan fingerprint density at radius 1 is 0.868 bits per heavy atom. The maximum Gasteiger partial charge on any atom is 0.417 e. The maximum absolute atomic E-state index is 14.8. The van der Waals surface area contributed by atoms with E-state index in [-0.39, 0.29) is 22.2 Å². The van der Waals surface area contributed by atoms with Crippen molar-refractivity contribution in [3.05, 3.63) is 74.8 Å². The van der Waals surface area contributed by atoms with Gasteiger partial charge in [0.2, 0.25) is 5.91 Å². The van der Waals surface area contributed by atoms with Gasteiger partial charge in [0.05, 0.1) is 17.5 Å². The van der Waals surface area contributed by atoms with Crippen molar-refractivity contribution in [3.63, 3.8) is 0 Å². The number of carbonyl (C=O) groups is 2. The number of hydrogen-bond acceptors (Lipinski definition) is 2. The van der Waals surface area contributed by atoms with Crippen LogP contribution in [0.2, 0.25) is 10.0 Å². The van der Waals surface area contributed by atoms with E-state index in [1.165, 1.54) is 10.9 Å². The summed E-state index contributed by atoms with van der Waals surface area (Å²) in [6.45, 7) is 0. The molecule has 2 N–H and O–H groups in total. The van der Waals surface area contributed by atoms with Crippen LogP contribution in [0, 0.1) is 0 Å². The van der Waals surface area contributed by atoms with Crippen LogP contribution in [0.5, 0.6) is 0 Å². The number of rotatable bonds is 6. The molecular formula is C22H14Cl2F10N2O2. The van der Waals surface area contributed by atoms with Crippen LogP contribution in [0.15, 0.2) is 42.5 Å². The quantitative estimate of drug-likeness (QED) is 0.264. The normalized spacial score (nSPS) is 13.7. The first kappa shape index (κ1) is 31.2. The van der Waals surface area contributed by atoms with Crippen LogP contribution in [-0.2, 0) is 11.0 Å². The van der Waals surface area contributed by atoms with Crippen LogP contribution in [-0.4, -0.2) is 24.2 Å². The van der Waals surface area contributed by atoms with Gasteiger partial charge in [-0.2, -0.15) is 39.5 Å². The van der Waals surface area contributed by atoms with Crippen molar-refractivity contribution in [2.45, 2.75) is 37.3 Å². The molecule has 2 rings (SSSR count). The standard InChI is InChI=1S/C22H14Cl2F10N2O2/c23-12-5-11(6-13(24)8-12)15(21(29,30)31)9-17(25)10-1-2-14(16(7-10)22(32,33)34)19(38)36-35-18(37)3-4-20(26,27)28/h1-2,5-9,15H,3-4H2,(H,35,37)(H,36,38). The third-order valence-corrected chi connectivity index (χ3v) is 5.14. The molecule has 0 heterocycles. The molecule has 0 aliphatic rings. The first-order valence-electron chi connectivity index (χ1n) is 10.1. The molecule has 0 aliphatic carbocycles. The minimum atomic E-state index is -5.33. The van der Waals surface area contributed by atoms with Crippen LogP contribution in [0.25, 0.3) is 5.83 Å². The van der Waals surface area contributed by atoms with E-state index in [2.05, 4.69) is 0 Å². The number of hydrazine groups is 1. The van der Waals surface area contributed by atoms with E-state index in [9.17, 15) is 53.5 Å². The lowest BCUT2D eigenvalue weighted by Gasteiger charge is -2.19. The summed E-state index contributed by atoms with van der Waals surface area (Å²) in [5, 5.41) is -0.424. The fourth-order valence-electron chi connectivity index (χ4n) is 3.01. The summed E-state index contributed by atoms with van der Waals surface area (Å²) in [5.74, 6) is -7.39. The van der Waals surface area contributed by atoms with Crippen molar-refractivity contribution in [2.24, 2.45) is 0 Å². The van der Waals surface area contributed by atoms with Gasteiger partial charge >= 0.3 is 18.5 Å². The van der Waals surface area contributed by atoms with Crippen molar-refractivity contribution < 1.29 is 53.5 Å². The van der Waals surface area contributed by atoms with E-state index in [1.54, 1.807) is 0 Å². The third-order valence-electron chi connectivity index (χ3n) is 4.71. The Bertz CT molecular complexity index is 1200. The molecule has 0 aromatic heterocycles. The molecule has 0 bridgehead atoms. The first-order valence-corrected chi connectivity index (χ1v) is 10.8. The van der Waals surface area contributed by atoms with E-state index in [1.807, 2.05) is 0 Å². The summed E-state index contributed by atoms with van der Waals surface area (Å²) in [6.07, 6.45) is -17.8. The molecule has 2 aromatic carbocycles. The lowest BCUT2D eigenvalue weighted by atomic mass is 9.95. The Morgan fingerprint density at radius 2 is 1.45 bits per heavy atom. The summed E-state index contributed by atoms with van der Waals surface area (Å²) < 4.78 is 133. The number of benzene rings is 2. The molecule has 1 unspecified atom stereocenters. The monoisotopic (exact) mass is 598 g/mol. The Kier molecular flexibility index (Phi) is 9.70. The molecule has 38 heavy (non-hydrogen) atoms. The zero-order chi connectivity index (χ0) is 29.1. The van der Waals surface area contributed by atoms with E-state index in [0.717, 1.165) is 18.2 Å². The number of nitrogens with one attached hydrogen (secondary N) is 2. The van der Waals surface area contributed by atoms with Crippen LogP contribution in [0.4, 0.5) is 43.9 Å². The molecule has 0 saturated heterocycles. The van der Waals surface area contributed by atoms with Crippen molar-refractivity contribution in [1.82, 2.24) is 10.9 Å². The van der Waals surface area contributed by atoms with E-state index in [0.29, 0.717) is 12.1 Å². The second kappa shape index (κ2) is 11.8. The van der Waals surface area contributed by atoms with E-state index < -0.39 is 77.2 Å². The molecule has 0 spiro atoms. The predicted octanol–water partition coefficient (Wildman–Crippen LogP) is 7.77. The van der Waals surface area contributed by atoms with Crippen LogP contribution in [0.3, 0.4) is 0 Å². The Labute approximate surface area is 217 Å². The smallest absolute Gasteiger partial charge is 0.273 e. The molecule has 2 aromatic rings. The van der Waals surface area contributed by atoms with E-state index >= 15 is 0 Å². The summed E-state index contributed by atoms with van der Waals surface area (Å²) in [5.41, 5.74) is -1.58. The molecule has 0 fully saturated rings. The van der Waals surface area contributed by atoms with Gasteiger partial charge in [0.25, 0.3) is 5.91 Å². The predicted molar refractivity (Wildman–Crippen MR) is 117 cm³/mol. The molecular weight excluding hydrogens is 585 g/mol. The number of halogens is 12. The van der Waals surface area contributed by atoms with Gasteiger partial charge in [-0.05, 0) is 42.0 Å². The molecule has 2 amide bonds. The fraction of sp³-hybridized carbons (Fsp3) is 0.273. The lowest BCUT2D eigenvalue weighted by Crippen LogP contribution is -2.42. The topological polar surface area (TPSA) is 58.2 Å².